The molecule has 3 aromatic rings. The number of carbonyl (C=O) groups is 1. The number of nitriles is 1. The van der Waals surface area contributed by atoms with E-state index in [-0.39, 0.29) is 12.3 Å². The lowest BCUT2D eigenvalue weighted by molar-refractivity contribution is -0.115. The van der Waals surface area contributed by atoms with Gasteiger partial charge in [-0.1, -0.05) is 0 Å². The summed E-state index contributed by atoms with van der Waals surface area (Å²) in [6.45, 7) is 7.93. The second-order valence-electron chi connectivity index (χ2n) is 6.02. The summed E-state index contributed by atoms with van der Waals surface area (Å²) < 4.78 is 5.57. The summed E-state index contributed by atoms with van der Waals surface area (Å²) in [5.41, 5.74) is 5.46. The van der Waals surface area contributed by atoms with Gasteiger partial charge in [0, 0.05) is 15.8 Å². The Morgan fingerprint density at radius 1 is 1.25 bits per heavy atom. The molecule has 0 saturated carbocycles. The minimum absolute atomic E-state index is 0.145. The molecule has 1 amide bonds. The van der Waals surface area contributed by atoms with Gasteiger partial charge in [0.1, 0.15) is 16.7 Å². The van der Waals surface area contributed by atoms with Crippen LogP contribution in [0.1, 0.15) is 32.7 Å². The number of carbonyl (C=O) groups excluding carboxylic acids is 1. The monoisotopic (exact) mass is 338 g/mol. The Bertz CT molecular complexity index is 989. The van der Waals surface area contributed by atoms with Crippen LogP contribution in [0.2, 0.25) is 0 Å². The van der Waals surface area contributed by atoms with Gasteiger partial charge in [0.05, 0.1) is 18.2 Å². The molecule has 3 rings (SSSR count). The van der Waals surface area contributed by atoms with Crippen molar-refractivity contribution in [2.24, 2.45) is 0 Å². The molecule has 0 aliphatic heterocycles. The molecule has 0 spiro atoms. The van der Waals surface area contributed by atoms with E-state index in [0.29, 0.717) is 10.6 Å². The Morgan fingerprint density at radius 2 is 1.96 bits per heavy atom. The maximum absolute atomic E-state index is 12.4. The van der Waals surface area contributed by atoms with Crippen LogP contribution >= 0.6 is 11.3 Å². The molecule has 4 nitrogen and oxygen atoms in total. The number of rotatable bonds is 3. The van der Waals surface area contributed by atoms with Gasteiger partial charge in [-0.3, -0.25) is 4.79 Å². The van der Waals surface area contributed by atoms with Crippen LogP contribution in [0.4, 0.5) is 5.00 Å². The molecule has 2 aromatic heterocycles. The van der Waals surface area contributed by atoms with E-state index in [0.717, 1.165) is 32.5 Å². The number of amides is 1. The Labute approximate surface area is 144 Å². The highest BCUT2D eigenvalue weighted by Crippen LogP contribution is 2.32. The van der Waals surface area contributed by atoms with Crippen LogP contribution in [0.3, 0.4) is 0 Å². The number of furan rings is 1. The number of nitrogens with zero attached hydrogens (tertiary/aromatic N) is 1. The summed E-state index contributed by atoms with van der Waals surface area (Å²) in [5.74, 6) is -0.145. The van der Waals surface area contributed by atoms with Gasteiger partial charge in [-0.05, 0) is 56.5 Å². The van der Waals surface area contributed by atoms with Crippen LogP contribution in [-0.4, -0.2) is 5.91 Å². The third-order valence-electron chi connectivity index (χ3n) is 4.37. The minimum Gasteiger partial charge on any atom is -0.464 e. The van der Waals surface area contributed by atoms with Crippen LogP contribution in [0.5, 0.6) is 0 Å². The van der Waals surface area contributed by atoms with E-state index in [2.05, 4.69) is 17.5 Å². The minimum atomic E-state index is -0.145. The molecule has 0 aliphatic rings. The van der Waals surface area contributed by atoms with Crippen LogP contribution in [0, 0.1) is 39.0 Å². The van der Waals surface area contributed by atoms with Gasteiger partial charge in [0.2, 0.25) is 5.91 Å². The Morgan fingerprint density at radius 3 is 2.67 bits per heavy atom. The van der Waals surface area contributed by atoms with Gasteiger partial charge in [-0.2, -0.15) is 5.26 Å². The molecule has 24 heavy (non-hydrogen) atoms. The molecule has 5 heteroatoms. The highest BCUT2D eigenvalue weighted by Gasteiger charge is 2.16. The predicted molar refractivity (Wildman–Crippen MR) is 96.5 cm³/mol. The first-order valence-corrected chi connectivity index (χ1v) is 8.49. The van der Waals surface area contributed by atoms with E-state index in [4.69, 9.17) is 4.42 Å². The van der Waals surface area contributed by atoms with Crippen molar-refractivity contribution in [2.75, 3.05) is 5.32 Å². The SMILES string of the molecule is Cc1cc2occ(CC(=O)Nc3sc(C)c(C)c3C#N)c2cc1C. The summed E-state index contributed by atoms with van der Waals surface area (Å²) in [6, 6.07) is 6.21. The first-order chi connectivity index (χ1) is 11.4. The van der Waals surface area contributed by atoms with E-state index in [1.54, 1.807) is 6.26 Å². The molecule has 0 fully saturated rings. The zero-order valence-corrected chi connectivity index (χ0v) is 14.9. The van der Waals surface area contributed by atoms with Crippen molar-refractivity contribution >= 4 is 33.2 Å². The number of hydrogen-bond donors (Lipinski definition) is 1. The maximum Gasteiger partial charge on any atom is 0.229 e. The molecule has 0 unspecified atom stereocenters. The van der Waals surface area contributed by atoms with Crippen LogP contribution in [0.25, 0.3) is 11.0 Å². The number of anilines is 1. The average Bonchev–Trinajstić information content (AvgIpc) is 3.01. The fraction of sp³-hybridized carbons (Fsp3) is 0.263. The van der Waals surface area contributed by atoms with Crippen molar-refractivity contribution in [1.82, 2.24) is 0 Å². The van der Waals surface area contributed by atoms with Crippen LogP contribution in [0.15, 0.2) is 22.8 Å². The third kappa shape index (κ3) is 2.81. The Hall–Kier alpha value is -2.58. The zero-order valence-electron chi connectivity index (χ0n) is 14.1. The lowest BCUT2D eigenvalue weighted by atomic mass is 10.0. The number of thiophene rings is 1. The Kier molecular flexibility index (Phi) is 4.16. The molecule has 0 aliphatic carbocycles. The molecule has 0 saturated heterocycles. The maximum atomic E-state index is 12.4. The molecular weight excluding hydrogens is 320 g/mol. The molecule has 0 atom stereocenters. The Balaban J connectivity index is 1.85. The molecule has 0 bridgehead atoms. The number of aryl methyl sites for hydroxylation is 3. The normalized spacial score (nSPS) is 10.8. The average molecular weight is 338 g/mol. The fourth-order valence-electron chi connectivity index (χ4n) is 2.67. The fourth-order valence-corrected chi connectivity index (χ4v) is 3.69. The second-order valence-corrected chi connectivity index (χ2v) is 7.24. The molecular formula is C19H18N2O2S. The van der Waals surface area contributed by atoms with Crippen molar-refractivity contribution in [1.29, 1.82) is 5.26 Å². The first kappa shape index (κ1) is 16.3. The summed E-state index contributed by atoms with van der Waals surface area (Å²) >= 11 is 1.44. The van der Waals surface area contributed by atoms with E-state index in [9.17, 15) is 10.1 Å². The van der Waals surface area contributed by atoms with E-state index in [1.807, 2.05) is 33.8 Å². The van der Waals surface area contributed by atoms with Gasteiger partial charge in [-0.15, -0.1) is 11.3 Å². The molecule has 122 valence electrons. The largest absolute Gasteiger partial charge is 0.464 e. The standard InChI is InChI=1S/C19H18N2O2S/c1-10-5-15-14(9-23-17(15)6-11(10)2)7-18(22)21-19-16(8-20)12(3)13(4)24-19/h5-6,9H,7H2,1-4H3,(H,21,22). The molecule has 0 radical (unpaired) electrons. The third-order valence-corrected chi connectivity index (χ3v) is 5.49. The number of nitrogens with one attached hydrogen (secondary N) is 1. The van der Waals surface area contributed by atoms with Crippen LogP contribution < -0.4 is 5.32 Å². The highest BCUT2D eigenvalue weighted by atomic mass is 32.1. The van der Waals surface area contributed by atoms with Crippen LogP contribution in [-0.2, 0) is 11.2 Å². The lowest BCUT2D eigenvalue weighted by Gasteiger charge is -2.04. The van der Waals surface area contributed by atoms with Gasteiger partial charge in [-0.25, -0.2) is 0 Å². The van der Waals surface area contributed by atoms with E-state index >= 15 is 0 Å². The first-order valence-electron chi connectivity index (χ1n) is 7.68. The smallest absolute Gasteiger partial charge is 0.229 e. The zero-order chi connectivity index (χ0) is 17.4. The van der Waals surface area contributed by atoms with Gasteiger partial charge >= 0.3 is 0 Å². The van der Waals surface area contributed by atoms with Gasteiger partial charge in [0.25, 0.3) is 0 Å². The molecule has 1 aromatic carbocycles. The summed E-state index contributed by atoms with van der Waals surface area (Å²) in [6.07, 6.45) is 1.86. The van der Waals surface area contributed by atoms with E-state index < -0.39 is 0 Å². The van der Waals surface area contributed by atoms with Crippen molar-refractivity contribution in [3.05, 3.63) is 51.1 Å². The number of benzene rings is 1. The van der Waals surface area contributed by atoms with Crippen molar-refractivity contribution in [3.63, 3.8) is 0 Å². The predicted octanol–water partition coefficient (Wildman–Crippen LogP) is 4.78. The van der Waals surface area contributed by atoms with Crippen molar-refractivity contribution in [2.45, 2.75) is 34.1 Å². The summed E-state index contributed by atoms with van der Waals surface area (Å²) in [4.78, 5) is 13.5. The topological polar surface area (TPSA) is 66.0 Å². The second kappa shape index (κ2) is 6.14. The number of fused-ring (bicyclic) bond motifs is 1. The quantitative estimate of drug-likeness (QED) is 0.747. The van der Waals surface area contributed by atoms with Crippen molar-refractivity contribution in [3.8, 4) is 6.07 Å². The number of hydrogen-bond acceptors (Lipinski definition) is 4. The lowest BCUT2D eigenvalue weighted by Crippen LogP contribution is -2.14. The van der Waals surface area contributed by atoms with Gasteiger partial charge in [0.15, 0.2) is 0 Å². The van der Waals surface area contributed by atoms with Gasteiger partial charge < -0.3 is 9.73 Å². The summed E-state index contributed by atoms with van der Waals surface area (Å²) in [5, 5.41) is 13.7. The molecule has 1 N–H and O–H groups in total. The highest BCUT2D eigenvalue weighted by molar-refractivity contribution is 7.16. The summed E-state index contributed by atoms with van der Waals surface area (Å²) in [7, 11) is 0. The van der Waals surface area contributed by atoms with Crippen molar-refractivity contribution < 1.29 is 9.21 Å². The van der Waals surface area contributed by atoms with E-state index in [1.165, 1.54) is 16.9 Å². The molecule has 2 heterocycles.